The van der Waals surface area contributed by atoms with Crippen molar-refractivity contribution < 1.29 is 4.79 Å². The molecule has 0 aliphatic rings. The summed E-state index contributed by atoms with van der Waals surface area (Å²) >= 11 is 0. The number of benzene rings is 2. The van der Waals surface area contributed by atoms with Gasteiger partial charge >= 0.3 is 6.03 Å². The first-order valence-electron chi connectivity index (χ1n) is 6.30. The molecule has 0 saturated carbocycles. The van der Waals surface area contributed by atoms with Crippen LogP contribution in [0.15, 0.2) is 48.5 Å². The summed E-state index contributed by atoms with van der Waals surface area (Å²) in [5.74, 6) is 0.500. The quantitative estimate of drug-likeness (QED) is 0.664. The molecule has 0 bridgehead atoms. The molecular formula is C15H14N4O. The third kappa shape index (κ3) is 2.47. The minimum atomic E-state index is -0.312. The number of carbonyl (C=O) groups excluding carboxylic acids is 1. The van der Waals surface area contributed by atoms with Crippen molar-refractivity contribution in [2.45, 2.75) is 6.92 Å². The smallest absolute Gasteiger partial charge is 0.307 e. The van der Waals surface area contributed by atoms with Gasteiger partial charge in [0.15, 0.2) is 5.82 Å². The SMILES string of the molecule is Cc1cc(NC(=O)Nc2cccc3ccccc23)n[nH]1. The third-order valence-corrected chi connectivity index (χ3v) is 2.99. The molecule has 2 amide bonds. The van der Waals surface area contributed by atoms with Crippen molar-refractivity contribution >= 4 is 28.3 Å². The molecule has 5 heteroatoms. The van der Waals surface area contributed by atoms with Gasteiger partial charge in [-0.2, -0.15) is 5.10 Å². The third-order valence-electron chi connectivity index (χ3n) is 2.99. The van der Waals surface area contributed by atoms with Crippen LogP contribution in [0.5, 0.6) is 0 Å². The number of fused-ring (bicyclic) bond motifs is 1. The van der Waals surface area contributed by atoms with E-state index in [9.17, 15) is 4.79 Å². The van der Waals surface area contributed by atoms with Crippen LogP contribution in [0.2, 0.25) is 0 Å². The topological polar surface area (TPSA) is 69.8 Å². The maximum absolute atomic E-state index is 12.0. The van der Waals surface area contributed by atoms with E-state index in [4.69, 9.17) is 0 Å². The van der Waals surface area contributed by atoms with Crippen molar-refractivity contribution in [2.75, 3.05) is 10.6 Å². The molecule has 1 aromatic heterocycles. The molecule has 0 aliphatic carbocycles. The van der Waals surface area contributed by atoms with Crippen molar-refractivity contribution in [3.8, 4) is 0 Å². The lowest BCUT2D eigenvalue weighted by Gasteiger charge is -2.08. The minimum Gasteiger partial charge on any atom is -0.307 e. The lowest BCUT2D eigenvalue weighted by molar-refractivity contribution is 0.262. The predicted molar refractivity (Wildman–Crippen MR) is 79.9 cm³/mol. The summed E-state index contributed by atoms with van der Waals surface area (Å²) in [4.78, 5) is 12.0. The van der Waals surface area contributed by atoms with Gasteiger partial charge in [0.05, 0.1) is 5.69 Å². The average Bonchev–Trinajstić information content (AvgIpc) is 2.84. The highest BCUT2D eigenvalue weighted by Gasteiger charge is 2.07. The second kappa shape index (κ2) is 5.05. The molecule has 0 spiro atoms. The van der Waals surface area contributed by atoms with Gasteiger partial charge in [0.2, 0.25) is 0 Å². The molecule has 0 radical (unpaired) electrons. The molecule has 0 fully saturated rings. The number of aryl methyl sites for hydroxylation is 1. The zero-order valence-corrected chi connectivity index (χ0v) is 11.0. The van der Waals surface area contributed by atoms with Crippen LogP contribution in [0.4, 0.5) is 16.3 Å². The summed E-state index contributed by atoms with van der Waals surface area (Å²) < 4.78 is 0. The lowest BCUT2D eigenvalue weighted by atomic mass is 10.1. The molecule has 5 nitrogen and oxygen atoms in total. The molecule has 100 valence electrons. The Morgan fingerprint density at radius 2 is 1.90 bits per heavy atom. The molecule has 3 N–H and O–H groups in total. The number of aromatic amines is 1. The Bertz CT molecular complexity index is 758. The maximum Gasteiger partial charge on any atom is 0.324 e. The van der Waals surface area contributed by atoms with Crippen LogP contribution >= 0.6 is 0 Å². The van der Waals surface area contributed by atoms with Gasteiger partial charge in [-0.15, -0.1) is 0 Å². The van der Waals surface area contributed by atoms with E-state index < -0.39 is 0 Å². The molecule has 0 atom stereocenters. The summed E-state index contributed by atoms with van der Waals surface area (Å²) in [6.45, 7) is 1.88. The highest BCUT2D eigenvalue weighted by molar-refractivity contribution is 6.05. The van der Waals surface area contributed by atoms with Gasteiger partial charge < -0.3 is 5.32 Å². The number of rotatable bonds is 2. The highest BCUT2D eigenvalue weighted by Crippen LogP contribution is 2.23. The average molecular weight is 266 g/mol. The number of hydrogen-bond donors (Lipinski definition) is 3. The molecule has 20 heavy (non-hydrogen) atoms. The summed E-state index contributed by atoms with van der Waals surface area (Å²) in [5, 5.41) is 14.3. The number of H-pyrrole nitrogens is 1. The van der Waals surface area contributed by atoms with Gasteiger partial charge in [-0.05, 0) is 18.4 Å². The van der Waals surface area contributed by atoms with Crippen molar-refractivity contribution in [1.82, 2.24) is 10.2 Å². The van der Waals surface area contributed by atoms with Gasteiger partial charge in [-0.1, -0.05) is 36.4 Å². The van der Waals surface area contributed by atoms with Crippen molar-refractivity contribution in [3.63, 3.8) is 0 Å². The predicted octanol–water partition coefficient (Wildman–Crippen LogP) is 3.52. The van der Waals surface area contributed by atoms with Gasteiger partial charge in [0, 0.05) is 17.1 Å². The zero-order valence-electron chi connectivity index (χ0n) is 11.0. The molecule has 3 rings (SSSR count). The minimum absolute atomic E-state index is 0.312. The summed E-state index contributed by atoms with van der Waals surface area (Å²) in [6, 6.07) is 15.2. The van der Waals surface area contributed by atoms with E-state index in [1.807, 2.05) is 49.4 Å². The van der Waals surface area contributed by atoms with Crippen LogP contribution in [0, 0.1) is 6.92 Å². The largest absolute Gasteiger partial charge is 0.324 e. The number of aromatic nitrogens is 2. The van der Waals surface area contributed by atoms with E-state index in [2.05, 4.69) is 20.8 Å². The van der Waals surface area contributed by atoms with Crippen LogP contribution in [-0.2, 0) is 0 Å². The van der Waals surface area contributed by atoms with Crippen LogP contribution in [0.1, 0.15) is 5.69 Å². The Kier molecular flexibility index (Phi) is 3.09. The first-order valence-corrected chi connectivity index (χ1v) is 6.30. The van der Waals surface area contributed by atoms with E-state index in [0.29, 0.717) is 5.82 Å². The Morgan fingerprint density at radius 3 is 2.70 bits per heavy atom. The number of anilines is 2. The van der Waals surface area contributed by atoms with Crippen LogP contribution < -0.4 is 10.6 Å². The first kappa shape index (κ1) is 12.2. The van der Waals surface area contributed by atoms with E-state index in [1.165, 1.54) is 0 Å². The number of amides is 2. The molecule has 0 saturated heterocycles. The first-order chi connectivity index (χ1) is 9.72. The fraction of sp³-hybridized carbons (Fsp3) is 0.0667. The molecule has 2 aromatic carbocycles. The Labute approximate surface area is 116 Å². The molecular weight excluding hydrogens is 252 g/mol. The standard InChI is InChI=1S/C15H14N4O/c1-10-9-14(19-18-10)17-15(20)16-13-8-4-6-11-5-2-3-7-12(11)13/h2-9H,1H3,(H3,16,17,18,19,20). The number of hydrogen-bond acceptors (Lipinski definition) is 2. The number of carbonyl (C=O) groups is 1. The molecule has 0 aliphatic heterocycles. The highest BCUT2D eigenvalue weighted by atomic mass is 16.2. The summed E-state index contributed by atoms with van der Waals surface area (Å²) in [5.41, 5.74) is 1.67. The Hall–Kier alpha value is -2.82. The Morgan fingerprint density at radius 1 is 1.10 bits per heavy atom. The summed E-state index contributed by atoms with van der Waals surface area (Å²) in [7, 11) is 0. The van der Waals surface area contributed by atoms with Gasteiger partial charge in [-0.25, -0.2) is 4.79 Å². The fourth-order valence-corrected chi connectivity index (χ4v) is 2.09. The second-order valence-electron chi connectivity index (χ2n) is 4.54. The second-order valence-corrected chi connectivity index (χ2v) is 4.54. The number of nitrogens with zero attached hydrogens (tertiary/aromatic N) is 1. The lowest BCUT2D eigenvalue weighted by Crippen LogP contribution is -2.19. The normalized spacial score (nSPS) is 10.4. The molecule has 1 heterocycles. The zero-order chi connectivity index (χ0) is 13.9. The maximum atomic E-state index is 12.0. The van der Waals surface area contributed by atoms with Crippen molar-refractivity contribution in [2.24, 2.45) is 0 Å². The molecule has 0 unspecified atom stereocenters. The van der Waals surface area contributed by atoms with Gasteiger partial charge in [0.1, 0.15) is 0 Å². The van der Waals surface area contributed by atoms with Crippen molar-refractivity contribution in [3.05, 3.63) is 54.2 Å². The van der Waals surface area contributed by atoms with E-state index in [0.717, 1.165) is 22.2 Å². The summed E-state index contributed by atoms with van der Waals surface area (Å²) in [6.07, 6.45) is 0. The van der Waals surface area contributed by atoms with Crippen molar-refractivity contribution in [1.29, 1.82) is 0 Å². The Balaban J connectivity index is 1.81. The van der Waals surface area contributed by atoms with E-state index in [-0.39, 0.29) is 6.03 Å². The van der Waals surface area contributed by atoms with Crippen LogP contribution in [0.25, 0.3) is 10.8 Å². The fourth-order valence-electron chi connectivity index (χ4n) is 2.09. The monoisotopic (exact) mass is 266 g/mol. The van der Waals surface area contributed by atoms with Gasteiger partial charge in [-0.3, -0.25) is 10.4 Å². The van der Waals surface area contributed by atoms with Gasteiger partial charge in [0.25, 0.3) is 0 Å². The van der Waals surface area contributed by atoms with E-state index >= 15 is 0 Å². The van der Waals surface area contributed by atoms with E-state index in [1.54, 1.807) is 6.07 Å². The van der Waals surface area contributed by atoms with Crippen LogP contribution in [0.3, 0.4) is 0 Å². The number of nitrogens with one attached hydrogen (secondary N) is 3. The van der Waals surface area contributed by atoms with Crippen LogP contribution in [-0.4, -0.2) is 16.2 Å². The number of urea groups is 1. The molecule has 3 aromatic rings.